The first-order chi connectivity index (χ1) is 6.38. The first-order valence-corrected chi connectivity index (χ1v) is 5.24. The lowest BCUT2D eigenvalue weighted by molar-refractivity contribution is -0.0316. The maximum Gasteiger partial charge on any atom is 0.140 e. The van der Waals surface area contributed by atoms with E-state index < -0.39 is 0 Å². The summed E-state index contributed by atoms with van der Waals surface area (Å²) in [5, 5.41) is 3.87. The fraction of sp³-hybridized carbons (Fsp3) is 0.900. The van der Waals surface area contributed by atoms with E-state index in [1.165, 1.54) is 32.4 Å². The summed E-state index contributed by atoms with van der Waals surface area (Å²) in [5.74, 6) is 0.861. The highest BCUT2D eigenvalue weighted by Crippen LogP contribution is 2.27. The van der Waals surface area contributed by atoms with Crippen LogP contribution in [0.15, 0.2) is 5.16 Å². The molecule has 2 fully saturated rings. The Morgan fingerprint density at radius 1 is 1.43 bits per heavy atom. The number of oxime groups is 1. The highest BCUT2D eigenvalue weighted by Gasteiger charge is 2.31. The molecule has 0 aromatic heterocycles. The number of hydrogen-bond acceptors (Lipinski definition) is 3. The van der Waals surface area contributed by atoms with E-state index >= 15 is 0 Å². The summed E-state index contributed by atoms with van der Waals surface area (Å²) in [6, 6.07) is 0. The molecular formula is C10H19ClN2O. The van der Waals surface area contributed by atoms with Crippen LogP contribution in [0.2, 0.25) is 0 Å². The summed E-state index contributed by atoms with van der Waals surface area (Å²) in [5.41, 5.74) is 0. The summed E-state index contributed by atoms with van der Waals surface area (Å²) in [4.78, 5) is 7.90. The SMILES string of the molecule is CC=NOC1CC2CCCN(C2)C1.Cl. The number of halogens is 1. The zero-order valence-electron chi connectivity index (χ0n) is 8.69. The van der Waals surface area contributed by atoms with Crippen LogP contribution in [0.4, 0.5) is 0 Å². The van der Waals surface area contributed by atoms with Gasteiger partial charge >= 0.3 is 0 Å². The fourth-order valence-electron chi connectivity index (χ4n) is 2.47. The van der Waals surface area contributed by atoms with Gasteiger partial charge in [0.2, 0.25) is 0 Å². The van der Waals surface area contributed by atoms with E-state index in [0.29, 0.717) is 6.10 Å². The van der Waals surface area contributed by atoms with Crippen LogP contribution in [0.25, 0.3) is 0 Å². The third kappa shape index (κ3) is 2.85. The van der Waals surface area contributed by atoms with Crippen LogP contribution in [0.3, 0.4) is 0 Å². The number of fused-ring (bicyclic) bond motifs is 2. The van der Waals surface area contributed by atoms with Gasteiger partial charge in [0.1, 0.15) is 6.10 Å². The van der Waals surface area contributed by atoms with E-state index in [-0.39, 0.29) is 12.4 Å². The molecule has 2 rings (SSSR count). The molecule has 0 spiro atoms. The maximum absolute atomic E-state index is 5.40. The minimum absolute atomic E-state index is 0. The Bertz CT molecular complexity index is 187. The molecule has 2 aliphatic rings. The highest BCUT2D eigenvalue weighted by molar-refractivity contribution is 5.85. The summed E-state index contributed by atoms with van der Waals surface area (Å²) in [6.07, 6.45) is 6.02. The van der Waals surface area contributed by atoms with Crippen LogP contribution in [0, 0.1) is 5.92 Å². The Hall–Kier alpha value is -0.280. The number of piperidine rings is 2. The standard InChI is InChI=1S/C10H18N2O.ClH/c1-2-11-13-10-6-9-4-3-5-12(7-9)8-10;/h2,9-10H,3-8H2,1H3;1H. The van der Waals surface area contributed by atoms with E-state index in [9.17, 15) is 0 Å². The van der Waals surface area contributed by atoms with Gasteiger partial charge in [-0.05, 0) is 38.6 Å². The Balaban J connectivity index is 0.000000980. The molecule has 2 saturated heterocycles. The molecule has 0 radical (unpaired) electrons. The summed E-state index contributed by atoms with van der Waals surface area (Å²) < 4.78 is 0. The van der Waals surface area contributed by atoms with Crippen LogP contribution >= 0.6 is 12.4 Å². The predicted octanol–water partition coefficient (Wildman–Crippen LogP) is 1.91. The minimum atomic E-state index is 0. The van der Waals surface area contributed by atoms with Crippen LogP contribution in [-0.2, 0) is 4.84 Å². The fourth-order valence-corrected chi connectivity index (χ4v) is 2.47. The van der Waals surface area contributed by atoms with Gasteiger partial charge in [-0.15, -0.1) is 12.4 Å². The first-order valence-electron chi connectivity index (χ1n) is 5.24. The summed E-state index contributed by atoms with van der Waals surface area (Å²) in [6.45, 7) is 5.51. The molecule has 2 heterocycles. The topological polar surface area (TPSA) is 24.8 Å². The monoisotopic (exact) mass is 218 g/mol. The van der Waals surface area contributed by atoms with Crippen molar-refractivity contribution in [2.45, 2.75) is 32.3 Å². The van der Waals surface area contributed by atoms with Gasteiger partial charge in [-0.25, -0.2) is 0 Å². The number of rotatable bonds is 2. The third-order valence-corrected chi connectivity index (χ3v) is 2.98. The van der Waals surface area contributed by atoms with E-state index in [1.54, 1.807) is 6.21 Å². The van der Waals surface area contributed by atoms with Gasteiger partial charge in [-0.2, -0.15) is 0 Å². The van der Waals surface area contributed by atoms with Gasteiger partial charge in [0, 0.05) is 19.3 Å². The average molecular weight is 219 g/mol. The molecule has 0 aliphatic carbocycles. The molecule has 0 amide bonds. The molecular weight excluding hydrogens is 200 g/mol. The second-order valence-corrected chi connectivity index (χ2v) is 4.09. The lowest BCUT2D eigenvalue weighted by atomic mass is 9.88. The second-order valence-electron chi connectivity index (χ2n) is 4.09. The molecule has 0 aromatic carbocycles. The average Bonchev–Trinajstić information content (AvgIpc) is 2.14. The summed E-state index contributed by atoms with van der Waals surface area (Å²) in [7, 11) is 0. The zero-order valence-corrected chi connectivity index (χ0v) is 9.50. The second kappa shape index (κ2) is 5.56. The summed E-state index contributed by atoms with van der Waals surface area (Å²) >= 11 is 0. The number of hydrogen-bond donors (Lipinski definition) is 0. The van der Waals surface area contributed by atoms with Gasteiger partial charge in [-0.3, -0.25) is 4.90 Å². The highest BCUT2D eigenvalue weighted by atomic mass is 35.5. The lowest BCUT2D eigenvalue weighted by Crippen LogP contribution is -2.47. The largest absolute Gasteiger partial charge is 0.391 e. The molecule has 2 aliphatic heterocycles. The van der Waals surface area contributed by atoms with Crippen molar-refractivity contribution in [3.8, 4) is 0 Å². The van der Waals surface area contributed by atoms with Crippen molar-refractivity contribution in [3.05, 3.63) is 0 Å². The predicted molar refractivity (Wildman–Crippen MR) is 60.1 cm³/mol. The van der Waals surface area contributed by atoms with Gasteiger partial charge < -0.3 is 4.84 Å². The van der Waals surface area contributed by atoms with E-state index in [0.717, 1.165) is 12.5 Å². The minimum Gasteiger partial charge on any atom is -0.391 e. The molecule has 0 saturated carbocycles. The molecule has 0 aromatic rings. The Morgan fingerprint density at radius 3 is 3.00 bits per heavy atom. The van der Waals surface area contributed by atoms with Gasteiger partial charge in [0.05, 0.1) is 0 Å². The van der Waals surface area contributed by atoms with E-state index in [4.69, 9.17) is 4.84 Å². The quantitative estimate of drug-likeness (QED) is 0.523. The zero-order chi connectivity index (χ0) is 9.10. The van der Waals surface area contributed by atoms with Crippen molar-refractivity contribution in [3.63, 3.8) is 0 Å². The van der Waals surface area contributed by atoms with Crippen LogP contribution in [0.5, 0.6) is 0 Å². The third-order valence-electron chi connectivity index (χ3n) is 2.98. The van der Waals surface area contributed by atoms with Crippen LogP contribution < -0.4 is 0 Å². The molecule has 2 bridgehead atoms. The Morgan fingerprint density at radius 2 is 2.29 bits per heavy atom. The molecule has 14 heavy (non-hydrogen) atoms. The van der Waals surface area contributed by atoms with Gasteiger partial charge in [-0.1, -0.05) is 5.16 Å². The molecule has 3 nitrogen and oxygen atoms in total. The van der Waals surface area contributed by atoms with Crippen molar-refractivity contribution in [2.75, 3.05) is 19.6 Å². The van der Waals surface area contributed by atoms with Gasteiger partial charge in [0.25, 0.3) is 0 Å². The van der Waals surface area contributed by atoms with Crippen molar-refractivity contribution in [1.82, 2.24) is 4.90 Å². The molecule has 3 unspecified atom stereocenters. The molecule has 82 valence electrons. The lowest BCUT2D eigenvalue weighted by Gasteiger charge is -2.40. The Labute approximate surface area is 91.9 Å². The van der Waals surface area contributed by atoms with Crippen molar-refractivity contribution in [2.24, 2.45) is 11.1 Å². The smallest absolute Gasteiger partial charge is 0.140 e. The van der Waals surface area contributed by atoms with Gasteiger partial charge in [0.15, 0.2) is 0 Å². The van der Waals surface area contributed by atoms with Crippen molar-refractivity contribution < 1.29 is 4.84 Å². The molecule has 3 atom stereocenters. The van der Waals surface area contributed by atoms with Crippen LogP contribution in [0.1, 0.15) is 26.2 Å². The Kier molecular flexibility index (Phi) is 4.69. The first kappa shape index (κ1) is 11.8. The normalized spacial score (nSPS) is 36.5. The molecule has 0 N–H and O–H groups in total. The maximum atomic E-state index is 5.40. The van der Waals surface area contributed by atoms with E-state index in [2.05, 4.69) is 10.1 Å². The van der Waals surface area contributed by atoms with Crippen molar-refractivity contribution >= 4 is 18.6 Å². The van der Waals surface area contributed by atoms with Crippen molar-refractivity contribution in [1.29, 1.82) is 0 Å². The molecule has 4 heteroatoms. The van der Waals surface area contributed by atoms with Crippen LogP contribution in [-0.4, -0.2) is 36.9 Å². The van der Waals surface area contributed by atoms with E-state index in [1.807, 2.05) is 6.92 Å². The number of nitrogens with zero attached hydrogens (tertiary/aromatic N) is 2.